The van der Waals surface area contributed by atoms with E-state index in [0.29, 0.717) is 18.2 Å². The minimum absolute atomic E-state index is 0.000384. The van der Waals surface area contributed by atoms with E-state index in [0.717, 1.165) is 24.8 Å². The first-order valence-electron chi connectivity index (χ1n) is 10.1. The normalized spacial score (nSPS) is 18.6. The largest absolute Gasteiger partial charge is 0.346 e. The number of carbonyl (C=O) groups excluding carboxylic acids is 2. The van der Waals surface area contributed by atoms with Crippen molar-refractivity contribution >= 4 is 11.7 Å². The summed E-state index contributed by atoms with van der Waals surface area (Å²) < 4.78 is 13.1. The standard InChI is InChI=1S/C23H28FN3O2/c1-27(23(29)14-13-22(28)18-6-3-2-4-7-18)15-5-8-20-16-21(26-25-20)17-9-11-19(24)12-10-17/h2-4,6-7,9-12,20-21,25-26H,5,8,13-16H2,1H3. The molecule has 1 amide bonds. The third kappa shape index (κ3) is 6.21. The Labute approximate surface area is 171 Å². The van der Waals surface area contributed by atoms with Crippen LogP contribution in [0.1, 0.15) is 54.1 Å². The zero-order chi connectivity index (χ0) is 20.6. The van der Waals surface area contributed by atoms with Crippen LogP contribution in [0.15, 0.2) is 54.6 Å². The number of nitrogens with zero attached hydrogens (tertiary/aromatic N) is 1. The van der Waals surface area contributed by atoms with Gasteiger partial charge in [0.25, 0.3) is 0 Å². The number of halogens is 1. The molecule has 1 heterocycles. The Bertz CT molecular complexity index is 811. The molecule has 2 atom stereocenters. The van der Waals surface area contributed by atoms with Crippen molar-refractivity contribution in [3.05, 3.63) is 71.5 Å². The van der Waals surface area contributed by atoms with Gasteiger partial charge < -0.3 is 4.90 Å². The van der Waals surface area contributed by atoms with Crippen LogP contribution in [0.5, 0.6) is 0 Å². The smallest absolute Gasteiger partial charge is 0.222 e. The second-order valence-corrected chi connectivity index (χ2v) is 7.57. The fraction of sp³-hybridized carbons (Fsp3) is 0.391. The highest BCUT2D eigenvalue weighted by molar-refractivity contribution is 5.97. The average molecular weight is 397 g/mol. The second kappa shape index (κ2) is 10.3. The van der Waals surface area contributed by atoms with Gasteiger partial charge >= 0.3 is 0 Å². The summed E-state index contributed by atoms with van der Waals surface area (Å²) in [6.07, 6.45) is 3.21. The minimum Gasteiger partial charge on any atom is -0.346 e. The molecule has 1 fully saturated rings. The van der Waals surface area contributed by atoms with Gasteiger partial charge in [0.2, 0.25) is 5.91 Å². The van der Waals surface area contributed by atoms with Crippen LogP contribution in [-0.2, 0) is 4.79 Å². The zero-order valence-corrected chi connectivity index (χ0v) is 16.7. The third-order valence-electron chi connectivity index (χ3n) is 5.39. The lowest BCUT2D eigenvalue weighted by Crippen LogP contribution is -2.32. The molecular weight excluding hydrogens is 369 g/mol. The number of hydrazine groups is 1. The molecule has 3 rings (SSSR count). The van der Waals surface area contributed by atoms with Gasteiger partial charge in [-0.3, -0.25) is 20.4 Å². The van der Waals surface area contributed by atoms with Crippen LogP contribution >= 0.6 is 0 Å². The molecule has 2 N–H and O–H groups in total. The lowest BCUT2D eigenvalue weighted by atomic mass is 9.99. The summed E-state index contributed by atoms with van der Waals surface area (Å²) in [5.41, 5.74) is 8.27. The van der Waals surface area contributed by atoms with Gasteiger partial charge in [-0.1, -0.05) is 42.5 Å². The maximum Gasteiger partial charge on any atom is 0.222 e. The fourth-order valence-electron chi connectivity index (χ4n) is 3.60. The van der Waals surface area contributed by atoms with E-state index in [-0.39, 0.29) is 36.4 Å². The van der Waals surface area contributed by atoms with Crippen molar-refractivity contribution in [2.24, 2.45) is 0 Å². The highest BCUT2D eigenvalue weighted by atomic mass is 19.1. The molecule has 6 heteroatoms. The molecule has 2 aromatic carbocycles. The summed E-state index contributed by atoms with van der Waals surface area (Å²) in [5.74, 6) is -0.231. The van der Waals surface area contributed by atoms with Gasteiger partial charge in [-0.15, -0.1) is 0 Å². The maximum absolute atomic E-state index is 13.1. The van der Waals surface area contributed by atoms with E-state index in [2.05, 4.69) is 10.9 Å². The maximum atomic E-state index is 13.1. The van der Waals surface area contributed by atoms with E-state index in [4.69, 9.17) is 0 Å². The van der Waals surface area contributed by atoms with Crippen LogP contribution in [0.25, 0.3) is 0 Å². The number of amides is 1. The molecule has 29 heavy (non-hydrogen) atoms. The number of nitrogens with one attached hydrogen (secondary N) is 2. The summed E-state index contributed by atoms with van der Waals surface area (Å²) in [6, 6.07) is 16.1. The predicted octanol–water partition coefficient (Wildman–Crippen LogP) is 3.64. The van der Waals surface area contributed by atoms with Crippen LogP contribution in [0.4, 0.5) is 4.39 Å². The van der Waals surface area contributed by atoms with Gasteiger partial charge in [0, 0.05) is 44.1 Å². The van der Waals surface area contributed by atoms with Crippen molar-refractivity contribution in [2.75, 3.05) is 13.6 Å². The summed E-state index contributed by atoms with van der Waals surface area (Å²) in [6.45, 7) is 0.664. The van der Waals surface area contributed by atoms with Gasteiger partial charge in [0.05, 0.1) is 0 Å². The Balaban J connectivity index is 1.34. The summed E-state index contributed by atoms with van der Waals surface area (Å²) in [4.78, 5) is 26.1. The molecule has 0 aromatic heterocycles. The quantitative estimate of drug-likeness (QED) is 0.635. The number of benzene rings is 2. The van der Waals surface area contributed by atoms with Gasteiger partial charge in [-0.2, -0.15) is 0 Å². The lowest BCUT2D eigenvalue weighted by Gasteiger charge is -2.18. The number of ketones is 1. The summed E-state index contributed by atoms with van der Waals surface area (Å²) in [5, 5.41) is 0. The number of carbonyl (C=O) groups is 2. The first kappa shape index (κ1) is 21.1. The van der Waals surface area contributed by atoms with Crippen molar-refractivity contribution in [1.29, 1.82) is 0 Å². The monoisotopic (exact) mass is 397 g/mol. The lowest BCUT2D eigenvalue weighted by molar-refractivity contribution is -0.129. The van der Waals surface area contributed by atoms with Gasteiger partial charge in [-0.05, 0) is 37.0 Å². The number of rotatable bonds is 9. The van der Waals surface area contributed by atoms with Crippen molar-refractivity contribution < 1.29 is 14.0 Å². The first-order chi connectivity index (χ1) is 14.0. The topological polar surface area (TPSA) is 61.4 Å². The van der Waals surface area contributed by atoms with E-state index < -0.39 is 0 Å². The average Bonchev–Trinajstić information content (AvgIpc) is 3.21. The van der Waals surface area contributed by atoms with E-state index in [1.165, 1.54) is 12.1 Å². The molecular formula is C23H28FN3O2. The van der Waals surface area contributed by atoms with E-state index >= 15 is 0 Å². The zero-order valence-electron chi connectivity index (χ0n) is 16.7. The van der Waals surface area contributed by atoms with Crippen molar-refractivity contribution in [3.8, 4) is 0 Å². The van der Waals surface area contributed by atoms with Crippen LogP contribution in [0.2, 0.25) is 0 Å². The molecule has 2 unspecified atom stereocenters. The van der Waals surface area contributed by atoms with Gasteiger partial charge in [0.1, 0.15) is 5.82 Å². The Morgan fingerprint density at radius 3 is 2.48 bits per heavy atom. The Morgan fingerprint density at radius 1 is 1.03 bits per heavy atom. The molecule has 5 nitrogen and oxygen atoms in total. The molecule has 1 aliphatic heterocycles. The van der Waals surface area contributed by atoms with Crippen LogP contribution in [0.3, 0.4) is 0 Å². The number of hydrogen-bond acceptors (Lipinski definition) is 4. The van der Waals surface area contributed by atoms with Gasteiger partial charge in [-0.25, -0.2) is 4.39 Å². The molecule has 0 aliphatic carbocycles. The number of Topliss-reactive ketones (excluding diaryl/α,β-unsaturated/α-hetero) is 1. The molecule has 154 valence electrons. The van der Waals surface area contributed by atoms with E-state index in [1.807, 2.05) is 18.2 Å². The number of hydrogen-bond donors (Lipinski definition) is 2. The van der Waals surface area contributed by atoms with Crippen LogP contribution < -0.4 is 10.9 Å². The minimum atomic E-state index is -0.227. The highest BCUT2D eigenvalue weighted by Crippen LogP contribution is 2.24. The predicted molar refractivity (Wildman–Crippen MR) is 111 cm³/mol. The fourth-order valence-corrected chi connectivity index (χ4v) is 3.60. The van der Waals surface area contributed by atoms with Crippen LogP contribution in [-0.4, -0.2) is 36.2 Å². The second-order valence-electron chi connectivity index (χ2n) is 7.57. The first-order valence-corrected chi connectivity index (χ1v) is 10.1. The molecule has 0 saturated carbocycles. The Kier molecular flexibility index (Phi) is 7.49. The van der Waals surface area contributed by atoms with Crippen molar-refractivity contribution in [3.63, 3.8) is 0 Å². The molecule has 0 bridgehead atoms. The summed E-state index contributed by atoms with van der Waals surface area (Å²) in [7, 11) is 1.79. The summed E-state index contributed by atoms with van der Waals surface area (Å²) >= 11 is 0. The van der Waals surface area contributed by atoms with Crippen molar-refractivity contribution in [1.82, 2.24) is 15.8 Å². The highest BCUT2D eigenvalue weighted by Gasteiger charge is 2.24. The van der Waals surface area contributed by atoms with Gasteiger partial charge in [0.15, 0.2) is 5.78 Å². The van der Waals surface area contributed by atoms with E-state index in [9.17, 15) is 14.0 Å². The Hall–Kier alpha value is -2.57. The molecule has 0 radical (unpaired) electrons. The molecule has 0 spiro atoms. The van der Waals surface area contributed by atoms with Crippen molar-refractivity contribution in [2.45, 2.75) is 44.2 Å². The molecule has 1 aliphatic rings. The third-order valence-corrected chi connectivity index (χ3v) is 5.39. The molecule has 2 aromatic rings. The Morgan fingerprint density at radius 2 is 1.76 bits per heavy atom. The SMILES string of the molecule is CN(CCCC1CC(c2ccc(F)cc2)NN1)C(=O)CCC(=O)c1ccccc1. The van der Waals surface area contributed by atoms with Crippen LogP contribution in [0, 0.1) is 5.82 Å². The molecule has 1 saturated heterocycles. The van der Waals surface area contributed by atoms with E-state index in [1.54, 1.807) is 36.2 Å².